The Morgan fingerprint density at radius 2 is 1.68 bits per heavy atom. The summed E-state index contributed by atoms with van der Waals surface area (Å²) >= 11 is 5.98. The van der Waals surface area contributed by atoms with Crippen molar-refractivity contribution in [2.24, 2.45) is 5.73 Å². The number of anilines is 1. The lowest BCUT2D eigenvalue weighted by atomic mass is 10.1. The van der Waals surface area contributed by atoms with E-state index >= 15 is 0 Å². The average Bonchev–Trinajstić information content (AvgIpc) is 2.78. The number of carbonyl (C=O) groups excluding carboxylic acids is 2. The van der Waals surface area contributed by atoms with Gasteiger partial charge in [-0.25, -0.2) is 4.90 Å². The fraction of sp³-hybridized carbons (Fsp3) is 0.0588. The number of amides is 2. The Hall–Kier alpha value is -2.61. The highest BCUT2D eigenvalue weighted by atomic mass is 35.5. The number of hydrogen-bond donors (Lipinski definition) is 1. The number of fused-ring (bicyclic) bond motifs is 1. The van der Waals surface area contributed by atoms with Crippen LogP contribution in [0.5, 0.6) is 0 Å². The normalized spacial score (nSPS) is 12.9. The lowest BCUT2D eigenvalue weighted by Crippen LogP contribution is -2.30. The molecule has 108 valence electrons. The molecule has 2 aromatic carbocycles. The summed E-state index contributed by atoms with van der Waals surface area (Å²) in [5.74, 6) is 4.84. The van der Waals surface area contributed by atoms with Crippen LogP contribution >= 0.6 is 11.6 Å². The second-order valence-electron chi connectivity index (χ2n) is 4.66. The molecule has 2 aromatic rings. The predicted octanol–water partition coefficient (Wildman–Crippen LogP) is 2.45. The second-order valence-corrected chi connectivity index (χ2v) is 5.10. The molecule has 1 heterocycles. The van der Waals surface area contributed by atoms with E-state index in [0.29, 0.717) is 27.4 Å². The first-order chi connectivity index (χ1) is 10.6. The molecule has 4 nitrogen and oxygen atoms in total. The summed E-state index contributed by atoms with van der Waals surface area (Å²) in [6, 6.07) is 11.6. The van der Waals surface area contributed by atoms with Crippen molar-refractivity contribution in [1.29, 1.82) is 0 Å². The van der Waals surface area contributed by atoms with Crippen molar-refractivity contribution in [2.75, 3.05) is 11.4 Å². The summed E-state index contributed by atoms with van der Waals surface area (Å²) in [5, 5.41) is 0.474. The van der Waals surface area contributed by atoms with Gasteiger partial charge in [0.15, 0.2) is 0 Å². The molecule has 0 unspecified atom stereocenters. The van der Waals surface area contributed by atoms with Gasteiger partial charge in [-0.15, -0.1) is 0 Å². The standard InChI is InChI=1S/C17H11ClN2O2/c18-12-7-8-15(11(10-12)4-3-9-19)20-16(21)13-5-1-2-6-14(13)17(20)22/h1-2,5-8,10H,9,19H2. The van der Waals surface area contributed by atoms with E-state index in [1.807, 2.05) is 0 Å². The molecule has 0 aromatic heterocycles. The molecule has 2 N–H and O–H groups in total. The minimum Gasteiger partial charge on any atom is -0.320 e. The number of hydrogen-bond acceptors (Lipinski definition) is 3. The quantitative estimate of drug-likeness (QED) is 0.650. The van der Waals surface area contributed by atoms with E-state index in [9.17, 15) is 9.59 Å². The SMILES string of the molecule is NCC#Cc1cc(Cl)ccc1N1C(=O)c2ccccc2C1=O. The molecule has 0 fully saturated rings. The first kappa shape index (κ1) is 14.3. The third-order valence-corrected chi connectivity index (χ3v) is 3.55. The molecular formula is C17H11ClN2O2. The van der Waals surface area contributed by atoms with E-state index in [1.54, 1.807) is 42.5 Å². The minimum atomic E-state index is -0.362. The van der Waals surface area contributed by atoms with Gasteiger partial charge < -0.3 is 5.73 Å². The minimum absolute atomic E-state index is 0.175. The van der Waals surface area contributed by atoms with Gasteiger partial charge in [-0.05, 0) is 30.3 Å². The molecule has 0 saturated heterocycles. The van der Waals surface area contributed by atoms with E-state index in [-0.39, 0.29) is 18.4 Å². The molecule has 1 aliphatic heterocycles. The van der Waals surface area contributed by atoms with Crippen LogP contribution in [0.4, 0.5) is 5.69 Å². The van der Waals surface area contributed by atoms with Gasteiger partial charge in [0.25, 0.3) is 11.8 Å². The summed E-state index contributed by atoms with van der Waals surface area (Å²) in [4.78, 5) is 26.2. The highest BCUT2D eigenvalue weighted by Crippen LogP contribution is 2.31. The molecule has 0 aliphatic carbocycles. The molecule has 5 heteroatoms. The van der Waals surface area contributed by atoms with Crippen molar-refractivity contribution in [3.05, 3.63) is 64.2 Å². The molecule has 0 saturated carbocycles. The van der Waals surface area contributed by atoms with Crippen LogP contribution in [0.3, 0.4) is 0 Å². The summed E-state index contributed by atoms with van der Waals surface area (Å²) in [7, 11) is 0. The van der Waals surface area contributed by atoms with Gasteiger partial charge in [-0.2, -0.15) is 0 Å². The second kappa shape index (κ2) is 5.64. The number of imide groups is 1. The third-order valence-electron chi connectivity index (χ3n) is 3.32. The Balaban J connectivity index is 2.14. The van der Waals surface area contributed by atoms with Crippen molar-refractivity contribution in [3.8, 4) is 11.8 Å². The zero-order chi connectivity index (χ0) is 15.7. The van der Waals surface area contributed by atoms with Gasteiger partial charge in [-0.3, -0.25) is 9.59 Å². The molecule has 0 radical (unpaired) electrons. The molecular weight excluding hydrogens is 300 g/mol. The van der Waals surface area contributed by atoms with Crippen molar-refractivity contribution >= 4 is 29.1 Å². The highest BCUT2D eigenvalue weighted by Gasteiger charge is 2.37. The van der Waals surface area contributed by atoms with Gasteiger partial charge >= 0.3 is 0 Å². The van der Waals surface area contributed by atoms with Crippen molar-refractivity contribution in [3.63, 3.8) is 0 Å². The average molecular weight is 311 g/mol. The van der Waals surface area contributed by atoms with Gasteiger partial charge in [0.1, 0.15) is 0 Å². The largest absolute Gasteiger partial charge is 0.320 e. The number of benzene rings is 2. The Labute approximate surface area is 132 Å². The van der Waals surface area contributed by atoms with Crippen molar-refractivity contribution in [1.82, 2.24) is 0 Å². The first-order valence-electron chi connectivity index (χ1n) is 6.60. The molecule has 1 aliphatic rings. The van der Waals surface area contributed by atoms with Crippen molar-refractivity contribution < 1.29 is 9.59 Å². The maximum absolute atomic E-state index is 12.5. The summed E-state index contributed by atoms with van der Waals surface area (Å²) in [6.07, 6.45) is 0. The molecule has 0 atom stereocenters. The lowest BCUT2D eigenvalue weighted by Gasteiger charge is -2.16. The topological polar surface area (TPSA) is 63.4 Å². The smallest absolute Gasteiger partial charge is 0.266 e. The summed E-state index contributed by atoms with van der Waals surface area (Å²) < 4.78 is 0. The maximum atomic E-state index is 12.5. The fourth-order valence-electron chi connectivity index (χ4n) is 2.36. The zero-order valence-electron chi connectivity index (χ0n) is 11.5. The Morgan fingerprint density at radius 3 is 2.27 bits per heavy atom. The van der Waals surface area contributed by atoms with Crippen LogP contribution in [0.1, 0.15) is 26.3 Å². The van der Waals surface area contributed by atoms with Crippen LogP contribution < -0.4 is 10.6 Å². The molecule has 3 rings (SSSR count). The summed E-state index contributed by atoms with van der Waals surface area (Å²) in [5.41, 5.74) is 7.07. The number of nitrogens with two attached hydrogens (primary N) is 1. The van der Waals surface area contributed by atoms with Gasteiger partial charge in [0.2, 0.25) is 0 Å². The number of nitrogens with zero attached hydrogens (tertiary/aromatic N) is 1. The Bertz CT molecular complexity index is 814. The highest BCUT2D eigenvalue weighted by molar-refractivity contribution is 6.35. The predicted molar refractivity (Wildman–Crippen MR) is 85.0 cm³/mol. The zero-order valence-corrected chi connectivity index (χ0v) is 12.2. The Morgan fingerprint density at radius 1 is 1.05 bits per heavy atom. The fourth-order valence-corrected chi connectivity index (χ4v) is 2.53. The lowest BCUT2D eigenvalue weighted by molar-refractivity contribution is 0.0926. The number of halogens is 1. The van der Waals surface area contributed by atoms with Crippen LogP contribution in [-0.2, 0) is 0 Å². The van der Waals surface area contributed by atoms with Gasteiger partial charge in [0.05, 0.1) is 28.9 Å². The number of rotatable bonds is 1. The van der Waals surface area contributed by atoms with Crippen LogP contribution in [0.2, 0.25) is 5.02 Å². The van der Waals surface area contributed by atoms with E-state index in [0.717, 1.165) is 4.90 Å². The monoisotopic (exact) mass is 310 g/mol. The van der Waals surface area contributed by atoms with Crippen LogP contribution in [-0.4, -0.2) is 18.4 Å². The maximum Gasteiger partial charge on any atom is 0.266 e. The van der Waals surface area contributed by atoms with Gasteiger partial charge in [-0.1, -0.05) is 35.6 Å². The van der Waals surface area contributed by atoms with Crippen LogP contribution in [0.25, 0.3) is 0 Å². The van der Waals surface area contributed by atoms with E-state index in [4.69, 9.17) is 17.3 Å². The van der Waals surface area contributed by atoms with E-state index in [2.05, 4.69) is 11.8 Å². The van der Waals surface area contributed by atoms with E-state index in [1.165, 1.54) is 0 Å². The molecule has 0 bridgehead atoms. The number of carbonyl (C=O) groups is 2. The van der Waals surface area contributed by atoms with Gasteiger partial charge in [0, 0.05) is 5.02 Å². The van der Waals surface area contributed by atoms with Crippen LogP contribution in [0.15, 0.2) is 42.5 Å². The Kier molecular flexibility index (Phi) is 3.68. The first-order valence-corrected chi connectivity index (χ1v) is 6.97. The molecule has 2 amide bonds. The third kappa shape index (κ3) is 2.27. The van der Waals surface area contributed by atoms with E-state index < -0.39 is 0 Å². The molecule has 0 spiro atoms. The van der Waals surface area contributed by atoms with Crippen LogP contribution in [0, 0.1) is 11.8 Å². The van der Waals surface area contributed by atoms with Crippen molar-refractivity contribution in [2.45, 2.75) is 0 Å². The molecule has 22 heavy (non-hydrogen) atoms. The summed E-state index contributed by atoms with van der Waals surface area (Å²) in [6.45, 7) is 0.175.